The highest BCUT2D eigenvalue weighted by Gasteiger charge is 2.25. The quantitative estimate of drug-likeness (QED) is 0.885. The van der Waals surface area contributed by atoms with Gasteiger partial charge in [0.1, 0.15) is 22.3 Å². The minimum absolute atomic E-state index is 0.0841. The van der Waals surface area contributed by atoms with Crippen LogP contribution in [0.4, 0.5) is 14.6 Å². The first kappa shape index (κ1) is 15.9. The topological polar surface area (TPSA) is 64.0 Å². The molecule has 1 heterocycles. The van der Waals surface area contributed by atoms with Crippen LogP contribution in [0, 0.1) is 11.6 Å². The van der Waals surface area contributed by atoms with Crippen LogP contribution < -0.4 is 4.72 Å². The summed E-state index contributed by atoms with van der Waals surface area (Å²) in [4.78, 5) is -0.652. The highest BCUT2D eigenvalue weighted by molar-refractivity contribution is 9.10. The van der Waals surface area contributed by atoms with E-state index in [2.05, 4.69) is 25.8 Å². The molecule has 0 spiro atoms. The molecule has 0 amide bonds. The SMILES string of the molecule is CC(C)n1nccc1NS(=O)(=O)c1c(F)cc(F)cc1Br. The maximum atomic E-state index is 13.8. The molecule has 0 saturated carbocycles. The van der Waals surface area contributed by atoms with Crippen LogP contribution in [0.1, 0.15) is 19.9 Å². The van der Waals surface area contributed by atoms with Crippen molar-refractivity contribution in [1.29, 1.82) is 0 Å². The van der Waals surface area contributed by atoms with Crippen LogP contribution in [-0.4, -0.2) is 18.2 Å². The van der Waals surface area contributed by atoms with Gasteiger partial charge in [-0.15, -0.1) is 0 Å². The summed E-state index contributed by atoms with van der Waals surface area (Å²) in [6, 6.07) is 2.77. The molecule has 0 aliphatic carbocycles. The number of hydrogen-bond donors (Lipinski definition) is 1. The van der Waals surface area contributed by atoms with E-state index < -0.39 is 26.6 Å². The van der Waals surface area contributed by atoms with Gasteiger partial charge in [-0.05, 0) is 35.8 Å². The van der Waals surface area contributed by atoms with Crippen LogP contribution in [0.25, 0.3) is 0 Å². The zero-order valence-corrected chi connectivity index (χ0v) is 13.5. The number of halogens is 3. The molecular weight excluding hydrogens is 368 g/mol. The Morgan fingerprint density at radius 2 is 2.00 bits per heavy atom. The summed E-state index contributed by atoms with van der Waals surface area (Å²) in [5.74, 6) is -1.85. The second-order valence-corrected chi connectivity index (χ2v) is 7.03. The minimum atomic E-state index is -4.22. The van der Waals surface area contributed by atoms with E-state index in [1.54, 1.807) is 0 Å². The number of aromatic nitrogens is 2. The van der Waals surface area contributed by atoms with Crippen LogP contribution in [0.15, 0.2) is 33.8 Å². The predicted molar refractivity (Wildman–Crippen MR) is 77.5 cm³/mol. The number of anilines is 1. The van der Waals surface area contributed by atoms with E-state index in [0.29, 0.717) is 6.07 Å². The third-order valence-corrected chi connectivity index (χ3v) is 4.95. The summed E-state index contributed by atoms with van der Waals surface area (Å²) >= 11 is 2.86. The largest absolute Gasteiger partial charge is 0.267 e. The summed E-state index contributed by atoms with van der Waals surface area (Å²) in [6.07, 6.45) is 1.42. The molecular formula is C12H12BrF2N3O2S. The average Bonchev–Trinajstić information content (AvgIpc) is 2.73. The van der Waals surface area contributed by atoms with Crippen molar-refractivity contribution >= 4 is 31.8 Å². The molecule has 0 radical (unpaired) electrons. The second kappa shape index (κ2) is 5.72. The van der Waals surface area contributed by atoms with E-state index >= 15 is 0 Å². The zero-order valence-electron chi connectivity index (χ0n) is 11.1. The van der Waals surface area contributed by atoms with Gasteiger partial charge in [0.25, 0.3) is 10.0 Å². The molecule has 2 rings (SSSR count). The normalized spacial score (nSPS) is 11.9. The highest BCUT2D eigenvalue weighted by atomic mass is 79.9. The van der Waals surface area contributed by atoms with Gasteiger partial charge in [0.15, 0.2) is 0 Å². The number of hydrogen-bond acceptors (Lipinski definition) is 3. The van der Waals surface area contributed by atoms with Crippen molar-refractivity contribution in [2.75, 3.05) is 4.72 Å². The molecule has 1 aromatic heterocycles. The summed E-state index contributed by atoms with van der Waals surface area (Å²) in [5.41, 5.74) is 0. The number of nitrogens with zero attached hydrogens (tertiary/aromatic N) is 2. The van der Waals surface area contributed by atoms with Crippen LogP contribution in [0.5, 0.6) is 0 Å². The molecule has 0 fully saturated rings. The van der Waals surface area contributed by atoms with E-state index in [1.807, 2.05) is 13.8 Å². The first-order valence-corrected chi connectivity index (χ1v) is 8.21. The predicted octanol–water partition coefficient (Wildman–Crippen LogP) is 3.31. The van der Waals surface area contributed by atoms with Crippen molar-refractivity contribution in [3.63, 3.8) is 0 Å². The van der Waals surface area contributed by atoms with Crippen molar-refractivity contribution in [2.24, 2.45) is 0 Å². The number of sulfonamides is 1. The fraction of sp³-hybridized carbons (Fsp3) is 0.250. The van der Waals surface area contributed by atoms with Gasteiger partial charge in [-0.2, -0.15) is 5.10 Å². The van der Waals surface area contributed by atoms with Gasteiger partial charge >= 0.3 is 0 Å². The van der Waals surface area contributed by atoms with Crippen LogP contribution in [0.2, 0.25) is 0 Å². The summed E-state index contributed by atoms with van der Waals surface area (Å²) < 4.78 is 54.9. The van der Waals surface area contributed by atoms with Gasteiger partial charge in [0.2, 0.25) is 0 Å². The molecule has 0 aliphatic rings. The fourth-order valence-corrected chi connectivity index (χ4v) is 4.00. The smallest absolute Gasteiger partial charge is 0.263 e. The fourth-order valence-electron chi connectivity index (χ4n) is 1.78. The van der Waals surface area contributed by atoms with Crippen molar-refractivity contribution in [2.45, 2.75) is 24.8 Å². The van der Waals surface area contributed by atoms with Crippen LogP contribution >= 0.6 is 15.9 Å². The Bertz CT molecular complexity index is 752. The molecule has 0 saturated heterocycles. The van der Waals surface area contributed by atoms with Gasteiger partial charge in [0, 0.05) is 22.6 Å². The van der Waals surface area contributed by atoms with Gasteiger partial charge in [-0.3, -0.25) is 4.72 Å². The monoisotopic (exact) mass is 379 g/mol. The van der Waals surface area contributed by atoms with Gasteiger partial charge in [-0.1, -0.05) is 0 Å². The lowest BCUT2D eigenvalue weighted by molar-refractivity contribution is 0.536. The van der Waals surface area contributed by atoms with E-state index in [9.17, 15) is 17.2 Å². The standard InChI is InChI=1S/C12H12BrF2N3O2S/c1-7(2)18-11(3-4-16-18)17-21(19,20)12-9(13)5-8(14)6-10(12)15/h3-7,17H,1-2H3. The molecule has 114 valence electrons. The van der Waals surface area contributed by atoms with Crippen molar-refractivity contribution in [3.8, 4) is 0 Å². The Balaban J connectivity index is 2.47. The van der Waals surface area contributed by atoms with Crippen molar-refractivity contribution in [3.05, 3.63) is 40.5 Å². The Hall–Kier alpha value is -1.48. The molecule has 0 aliphatic heterocycles. The van der Waals surface area contributed by atoms with E-state index in [4.69, 9.17) is 0 Å². The number of benzene rings is 1. The molecule has 1 aromatic carbocycles. The lowest BCUT2D eigenvalue weighted by atomic mass is 10.3. The third kappa shape index (κ3) is 3.24. The number of rotatable bonds is 4. The summed E-state index contributed by atoms with van der Waals surface area (Å²) in [7, 11) is -4.22. The van der Waals surface area contributed by atoms with Crippen LogP contribution in [0.3, 0.4) is 0 Å². The molecule has 5 nitrogen and oxygen atoms in total. The van der Waals surface area contributed by atoms with Crippen LogP contribution in [-0.2, 0) is 10.0 Å². The highest BCUT2D eigenvalue weighted by Crippen LogP contribution is 2.28. The first-order valence-electron chi connectivity index (χ1n) is 5.93. The van der Waals surface area contributed by atoms with Gasteiger partial charge < -0.3 is 0 Å². The van der Waals surface area contributed by atoms with Crippen molar-refractivity contribution < 1.29 is 17.2 Å². The minimum Gasteiger partial charge on any atom is -0.263 e. The number of nitrogens with one attached hydrogen (secondary N) is 1. The van der Waals surface area contributed by atoms with E-state index in [0.717, 1.165) is 6.07 Å². The lowest BCUT2D eigenvalue weighted by Gasteiger charge is -2.14. The Morgan fingerprint density at radius 3 is 2.57 bits per heavy atom. The van der Waals surface area contributed by atoms with E-state index in [-0.39, 0.29) is 16.3 Å². The van der Waals surface area contributed by atoms with Gasteiger partial charge in [0.05, 0.1) is 6.20 Å². The Kier molecular flexibility index (Phi) is 4.33. The molecule has 2 aromatic rings. The Labute approximate surface area is 129 Å². The molecule has 0 atom stereocenters. The maximum Gasteiger partial charge on any atom is 0.267 e. The summed E-state index contributed by atoms with van der Waals surface area (Å²) in [5, 5.41) is 3.98. The maximum absolute atomic E-state index is 13.8. The molecule has 0 bridgehead atoms. The molecule has 9 heteroatoms. The van der Waals surface area contributed by atoms with Gasteiger partial charge in [-0.25, -0.2) is 21.9 Å². The van der Waals surface area contributed by atoms with Crippen molar-refractivity contribution in [1.82, 2.24) is 9.78 Å². The average molecular weight is 380 g/mol. The first-order chi connectivity index (χ1) is 9.72. The molecule has 21 heavy (non-hydrogen) atoms. The molecule has 1 N–H and O–H groups in total. The third-order valence-electron chi connectivity index (χ3n) is 2.63. The zero-order chi connectivity index (χ0) is 15.8. The summed E-state index contributed by atoms with van der Waals surface area (Å²) in [6.45, 7) is 3.64. The lowest BCUT2D eigenvalue weighted by Crippen LogP contribution is -2.19. The Morgan fingerprint density at radius 1 is 1.33 bits per heavy atom. The molecule has 0 unspecified atom stereocenters. The second-order valence-electron chi connectivity index (χ2n) is 4.56. The van der Waals surface area contributed by atoms with E-state index in [1.165, 1.54) is 16.9 Å².